The van der Waals surface area contributed by atoms with Gasteiger partial charge in [0.05, 0.1) is 5.02 Å². The second-order valence-corrected chi connectivity index (χ2v) is 6.76. The Morgan fingerprint density at radius 1 is 1.26 bits per heavy atom. The quantitative estimate of drug-likeness (QED) is 0.861. The van der Waals surface area contributed by atoms with Gasteiger partial charge in [0, 0.05) is 38.8 Å². The molecule has 0 aliphatic carbocycles. The molecular weight excluding hydrogens is 314 g/mol. The van der Waals surface area contributed by atoms with Crippen LogP contribution in [0.5, 0.6) is 0 Å². The van der Waals surface area contributed by atoms with Gasteiger partial charge in [-0.15, -0.1) is 10.2 Å². The highest BCUT2D eigenvalue weighted by Crippen LogP contribution is 2.21. The van der Waals surface area contributed by atoms with Crippen molar-refractivity contribution in [2.24, 2.45) is 5.92 Å². The van der Waals surface area contributed by atoms with Crippen molar-refractivity contribution in [1.82, 2.24) is 19.5 Å². The van der Waals surface area contributed by atoms with Gasteiger partial charge >= 0.3 is 0 Å². The first kappa shape index (κ1) is 16.1. The fourth-order valence-corrected chi connectivity index (χ4v) is 3.01. The van der Waals surface area contributed by atoms with Crippen LogP contribution in [0.2, 0.25) is 5.02 Å². The fraction of sp³-hybridized carbons (Fsp3) is 0.562. The van der Waals surface area contributed by atoms with Crippen molar-refractivity contribution in [3.05, 3.63) is 23.4 Å². The highest BCUT2D eigenvalue weighted by atomic mass is 35.5. The summed E-state index contributed by atoms with van der Waals surface area (Å²) in [6, 6.07) is 3.69. The molecule has 1 aliphatic heterocycles. The number of anilines is 1. The number of carbonyl (C=O) groups excluding carboxylic acids is 1. The van der Waals surface area contributed by atoms with Crippen molar-refractivity contribution in [3.63, 3.8) is 0 Å². The second-order valence-electron chi connectivity index (χ2n) is 6.35. The number of nitrogens with zero attached hydrogens (tertiary/aromatic N) is 5. The number of aromatic nitrogens is 3. The second kappa shape index (κ2) is 6.74. The Balaban J connectivity index is 1.64. The van der Waals surface area contributed by atoms with E-state index in [2.05, 4.69) is 28.9 Å². The van der Waals surface area contributed by atoms with E-state index < -0.39 is 0 Å². The average molecular weight is 336 g/mol. The number of halogens is 1. The lowest BCUT2D eigenvalue weighted by molar-refractivity contribution is -0.131. The predicted molar refractivity (Wildman–Crippen MR) is 90.9 cm³/mol. The van der Waals surface area contributed by atoms with Gasteiger partial charge < -0.3 is 9.80 Å². The first-order valence-corrected chi connectivity index (χ1v) is 8.46. The number of hydrogen-bond donors (Lipinski definition) is 0. The Bertz CT molecular complexity index is 691. The van der Waals surface area contributed by atoms with E-state index in [9.17, 15) is 4.79 Å². The molecule has 7 heteroatoms. The zero-order chi connectivity index (χ0) is 16.4. The van der Waals surface area contributed by atoms with E-state index >= 15 is 0 Å². The number of piperazine rings is 1. The van der Waals surface area contributed by atoms with Crippen molar-refractivity contribution in [3.8, 4) is 0 Å². The van der Waals surface area contributed by atoms with Gasteiger partial charge in [0.25, 0.3) is 0 Å². The monoisotopic (exact) mass is 335 g/mol. The average Bonchev–Trinajstić information content (AvgIpc) is 2.98. The summed E-state index contributed by atoms with van der Waals surface area (Å²) >= 11 is 6.14. The van der Waals surface area contributed by atoms with Crippen LogP contribution in [0.3, 0.4) is 0 Å². The summed E-state index contributed by atoms with van der Waals surface area (Å²) in [7, 11) is 0. The van der Waals surface area contributed by atoms with Gasteiger partial charge in [0.15, 0.2) is 5.65 Å². The predicted octanol–water partition coefficient (Wildman–Crippen LogP) is 2.47. The smallest absolute Gasteiger partial charge is 0.231 e. The van der Waals surface area contributed by atoms with Crippen LogP contribution < -0.4 is 4.90 Å². The molecule has 3 rings (SSSR count). The van der Waals surface area contributed by atoms with Gasteiger partial charge in [-0.3, -0.25) is 9.20 Å². The Labute approximate surface area is 141 Å². The first-order valence-electron chi connectivity index (χ1n) is 8.08. The summed E-state index contributed by atoms with van der Waals surface area (Å²) < 4.78 is 1.90. The summed E-state index contributed by atoms with van der Waals surface area (Å²) in [6.45, 7) is 7.28. The Morgan fingerprint density at radius 2 is 2.00 bits per heavy atom. The van der Waals surface area contributed by atoms with E-state index in [1.165, 1.54) is 0 Å². The lowest BCUT2D eigenvalue weighted by Crippen LogP contribution is -2.49. The first-order chi connectivity index (χ1) is 11.1. The molecule has 0 unspecified atom stereocenters. The van der Waals surface area contributed by atoms with Crippen LogP contribution in [0, 0.1) is 5.92 Å². The molecule has 1 amide bonds. The highest BCUT2D eigenvalue weighted by molar-refractivity contribution is 6.33. The topological polar surface area (TPSA) is 53.7 Å². The van der Waals surface area contributed by atoms with Crippen LogP contribution in [-0.2, 0) is 4.79 Å². The molecule has 1 aliphatic rings. The Morgan fingerprint density at radius 3 is 2.70 bits per heavy atom. The molecule has 1 saturated heterocycles. The van der Waals surface area contributed by atoms with Crippen molar-refractivity contribution in [2.75, 3.05) is 31.1 Å². The van der Waals surface area contributed by atoms with Gasteiger partial charge in [-0.1, -0.05) is 25.4 Å². The molecule has 2 aromatic heterocycles. The Kier molecular flexibility index (Phi) is 4.71. The fourth-order valence-electron chi connectivity index (χ4n) is 2.81. The lowest BCUT2D eigenvalue weighted by atomic mass is 10.1. The van der Waals surface area contributed by atoms with E-state index in [0.717, 1.165) is 38.5 Å². The molecule has 124 valence electrons. The van der Waals surface area contributed by atoms with E-state index in [1.54, 1.807) is 6.07 Å². The zero-order valence-corrected chi connectivity index (χ0v) is 14.3. The molecular formula is C16H22ClN5O. The molecule has 23 heavy (non-hydrogen) atoms. The Hall–Kier alpha value is -1.82. The maximum atomic E-state index is 12.2. The van der Waals surface area contributed by atoms with Gasteiger partial charge in [0.2, 0.25) is 11.9 Å². The summed E-state index contributed by atoms with van der Waals surface area (Å²) in [4.78, 5) is 16.3. The zero-order valence-electron chi connectivity index (χ0n) is 13.6. The van der Waals surface area contributed by atoms with Crippen LogP contribution in [0.25, 0.3) is 5.65 Å². The summed E-state index contributed by atoms with van der Waals surface area (Å²) in [5.41, 5.74) is 0.666. The maximum absolute atomic E-state index is 12.2. The maximum Gasteiger partial charge on any atom is 0.231 e. The molecule has 6 nitrogen and oxygen atoms in total. The van der Waals surface area contributed by atoms with E-state index in [0.29, 0.717) is 23.0 Å². The highest BCUT2D eigenvalue weighted by Gasteiger charge is 2.24. The third kappa shape index (κ3) is 3.42. The standard InChI is InChI=1S/C16H22ClN5O/c1-12(2)5-6-14(23)20-8-10-21(11-9-20)16-19-18-15-13(17)4-3-7-22(15)16/h3-4,7,12H,5-6,8-11H2,1-2H3. The van der Waals surface area contributed by atoms with Crippen molar-refractivity contribution < 1.29 is 4.79 Å². The van der Waals surface area contributed by atoms with Crippen LogP contribution in [0.15, 0.2) is 18.3 Å². The van der Waals surface area contributed by atoms with E-state index in [1.807, 2.05) is 21.6 Å². The minimum Gasteiger partial charge on any atom is -0.339 e. The molecule has 0 saturated carbocycles. The van der Waals surface area contributed by atoms with Crippen molar-refractivity contribution in [2.45, 2.75) is 26.7 Å². The van der Waals surface area contributed by atoms with Crippen molar-refractivity contribution in [1.29, 1.82) is 0 Å². The molecule has 0 radical (unpaired) electrons. The van der Waals surface area contributed by atoms with Crippen molar-refractivity contribution >= 4 is 29.1 Å². The van der Waals surface area contributed by atoms with Crippen LogP contribution in [-0.4, -0.2) is 51.6 Å². The number of amides is 1. The lowest BCUT2D eigenvalue weighted by Gasteiger charge is -2.34. The number of pyridine rings is 1. The third-order valence-corrected chi connectivity index (χ3v) is 4.51. The van der Waals surface area contributed by atoms with Crippen LogP contribution in [0.4, 0.5) is 5.95 Å². The largest absolute Gasteiger partial charge is 0.339 e. The minimum atomic E-state index is 0.257. The molecule has 3 heterocycles. The molecule has 0 N–H and O–H groups in total. The van der Waals surface area contributed by atoms with Crippen LogP contribution in [0.1, 0.15) is 26.7 Å². The summed E-state index contributed by atoms with van der Waals surface area (Å²) in [5, 5.41) is 9.01. The van der Waals surface area contributed by atoms with Gasteiger partial charge in [-0.2, -0.15) is 0 Å². The van der Waals surface area contributed by atoms with E-state index in [-0.39, 0.29) is 5.91 Å². The van der Waals surface area contributed by atoms with Gasteiger partial charge in [-0.25, -0.2) is 0 Å². The van der Waals surface area contributed by atoms with E-state index in [4.69, 9.17) is 11.6 Å². The van der Waals surface area contributed by atoms with Gasteiger partial charge in [-0.05, 0) is 24.5 Å². The summed E-state index contributed by atoms with van der Waals surface area (Å²) in [5.74, 6) is 1.61. The molecule has 0 bridgehead atoms. The molecule has 1 fully saturated rings. The number of fused-ring (bicyclic) bond motifs is 1. The van der Waals surface area contributed by atoms with Crippen LogP contribution >= 0.6 is 11.6 Å². The molecule has 2 aromatic rings. The summed E-state index contributed by atoms with van der Waals surface area (Å²) in [6.07, 6.45) is 3.50. The molecule has 0 spiro atoms. The number of rotatable bonds is 4. The molecule has 0 atom stereocenters. The normalized spacial score (nSPS) is 15.7. The number of carbonyl (C=O) groups is 1. The van der Waals surface area contributed by atoms with Gasteiger partial charge in [0.1, 0.15) is 0 Å². The molecule has 0 aromatic carbocycles. The number of hydrogen-bond acceptors (Lipinski definition) is 4. The third-order valence-electron chi connectivity index (χ3n) is 4.22. The SMILES string of the molecule is CC(C)CCC(=O)N1CCN(c2nnc3c(Cl)cccn23)CC1. The minimum absolute atomic E-state index is 0.257.